The van der Waals surface area contributed by atoms with Crippen LogP contribution >= 0.6 is 0 Å². The molecule has 0 aliphatic carbocycles. The van der Waals surface area contributed by atoms with E-state index in [0.717, 1.165) is 12.1 Å². The topological polar surface area (TPSA) is 32.6 Å². The largest absolute Gasteiger partial charge is 0.501 e. The number of fused-ring (bicyclic) bond motifs is 3. The van der Waals surface area contributed by atoms with Crippen LogP contribution in [0, 0.1) is 0 Å². The minimum Gasteiger partial charge on any atom is -0.377 e. The van der Waals surface area contributed by atoms with Crippen molar-refractivity contribution in [3.05, 3.63) is 54.6 Å². The molecule has 0 unspecified atom stereocenters. The predicted octanol–water partition coefficient (Wildman–Crippen LogP) is 4.32. The lowest BCUT2D eigenvalue weighted by atomic mass is 10.1. The Labute approximate surface area is 143 Å². The van der Waals surface area contributed by atoms with Gasteiger partial charge in [-0.1, -0.05) is 36.9 Å². The zero-order chi connectivity index (χ0) is 17.2. The van der Waals surface area contributed by atoms with E-state index in [9.17, 15) is 0 Å². The van der Waals surface area contributed by atoms with Crippen molar-refractivity contribution in [2.45, 2.75) is 12.6 Å². The summed E-state index contributed by atoms with van der Waals surface area (Å²) in [6, 6.07) is 15.6. The zero-order valence-electron chi connectivity index (χ0n) is 14.4. The normalized spacial score (nSPS) is 12.1. The third-order valence-electron chi connectivity index (χ3n) is 4.61. The summed E-state index contributed by atoms with van der Waals surface area (Å²) in [6.07, 6.45) is 1.88. The molecule has 1 aromatic heterocycles. The number of benzene rings is 2. The van der Waals surface area contributed by atoms with Crippen molar-refractivity contribution in [1.29, 1.82) is 0 Å². The van der Waals surface area contributed by atoms with Gasteiger partial charge in [-0.15, -0.1) is 0 Å². The first-order valence-electron chi connectivity index (χ1n) is 7.97. The molecule has 0 radical (unpaired) electrons. The van der Waals surface area contributed by atoms with Gasteiger partial charge in [0.2, 0.25) is 0 Å². The minimum absolute atomic E-state index is 0.716. The number of para-hydroxylation sites is 1. The van der Waals surface area contributed by atoms with Crippen LogP contribution in [0.15, 0.2) is 49.0 Å². The minimum atomic E-state index is -2.60. The molecule has 4 nitrogen and oxygen atoms in total. The number of aromatic nitrogens is 1. The van der Waals surface area contributed by atoms with Gasteiger partial charge in [-0.2, -0.15) is 0 Å². The van der Waals surface area contributed by atoms with E-state index in [4.69, 9.17) is 13.3 Å². The smallest absolute Gasteiger partial charge is 0.377 e. The lowest BCUT2D eigenvalue weighted by molar-refractivity contribution is 0.122. The summed E-state index contributed by atoms with van der Waals surface area (Å²) < 4.78 is 19.0. The lowest BCUT2D eigenvalue weighted by Gasteiger charge is -2.24. The Morgan fingerprint density at radius 2 is 1.62 bits per heavy atom. The molecule has 0 aliphatic rings. The summed E-state index contributed by atoms with van der Waals surface area (Å²) in [5.41, 5.74) is 3.53. The van der Waals surface area contributed by atoms with Gasteiger partial charge < -0.3 is 17.8 Å². The molecule has 126 valence electrons. The van der Waals surface area contributed by atoms with Crippen molar-refractivity contribution < 1.29 is 13.3 Å². The molecule has 2 aromatic carbocycles. The summed E-state index contributed by atoms with van der Waals surface area (Å²) in [7, 11) is 2.36. The van der Waals surface area contributed by atoms with E-state index in [1.807, 2.05) is 6.08 Å². The highest BCUT2D eigenvalue weighted by Gasteiger charge is 2.37. The molecule has 0 atom stereocenters. The van der Waals surface area contributed by atoms with Crippen molar-refractivity contribution in [2.24, 2.45) is 0 Å². The van der Waals surface area contributed by atoms with Crippen LogP contribution in [0.1, 0.15) is 5.56 Å². The SMILES string of the molecule is C=Cc1ccc2c(c1)c1ccccc1n2CC[Si](OC)(OC)OC. The Hall–Kier alpha value is -1.92. The molecule has 0 saturated heterocycles. The summed E-state index contributed by atoms with van der Waals surface area (Å²) >= 11 is 0. The lowest BCUT2D eigenvalue weighted by Crippen LogP contribution is -2.43. The fourth-order valence-corrected chi connectivity index (χ4v) is 4.85. The number of nitrogens with zero attached hydrogens (tertiary/aromatic N) is 1. The molecule has 5 heteroatoms. The molecule has 0 bridgehead atoms. The van der Waals surface area contributed by atoms with Crippen molar-refractivity contribution in [1.82, 2.24) is 4.57 Å². The Balaban J connectivity index is 2.10. The third-order valence-corrected chi connectivity index (χ3v) is 7.31. The molecular weight excluding hydrogens is 318 g/mol. The van der Waals surface area contributed by atoms with Crippen molar-refractivity contribution in [3.63, 3.8) is 0 Å². The number of hydrogen-bond donors (Lipinski definition) is 0. The number of hydrogen-bond acceptors (Lipinski definition) is 3. The van der Waals surface area contributed by atoms with Crippen LogP contribution in [-0.2, 0) is 19.8 Å². The maximum atomic E-state index is 5.56. The van der Waals surface area contributed by atoms with Crippen LogP contribution in [0.3, 0.4) is 0 Å². The third kappa shape index (κ3) is 2.80. The molecule has 24 heavy (non-hydrogen) atoms. The van der Waals surface area contributed by atoms with E-state index in [1.54, 1.807) is 21.3 Å². The molecular formula is C19H23NO3Si. The first kappa shape index (κ1) is 16.9. The van der Waals surface area contributed by atoms with Crippen LogP contribution in [0.2, 0.25) is 6.04 Å². The fourth-order valence-electron chi connectivity index (χ4n) is 3.24. The monoisotopic (exact) mass is 341 g/mol. The van der Waals surface area contributed by atoms with Gasteiger partial charge in [-0.3, -0.25) is 0 Å². The molecule has 0 N–H and O–H groups in total. The Morgan fingerprint density at radius 1 is 0.958 bits per heavy atom. The molecule has 3 rings (SSSR count). The van der Waals surface area contributed by atoms with Crippen LogP contribution in [-0.4, -0.2) is 34.7 Å². The average molecular weight is 341 g/mol. The number of aryl methyl sites for hydroxylation is 1. The fraction of sp³-hybridized carbons (Fsp3) is 0.263. The van der Waals surface area contributed by atoms with Gasteiger partial charge in [0.1, 0.15) is 0 Å². The van der Waals surface area contributed by atoms with Gasteiger partial charge in [0.05, 0.1) is 0 Å². The van der Waals surface area contributed by atoms with Crippen molar-refractivity contribution in [2.75, 3.05) is 21.3 Å². The second-order valence-electron chi connectivity index (χ2n) is 5.69. The highest BCUT2D eigenvalue weighted by atomic mass is 28.4. The van der Waals surface area contributed by atoms with Crippen LogP contribution in [0.5, 0.6) is 0 Å². The van der Waals surface area contributed by atoms with Crippen molar-refractivity contribution >= 4 is 36.7 Å². The maximum absolute atomic E-state index is 5.56. The molecule has 1 heterocycles. The van der Waals surface area contributed by atoms with E-state index in [1.165, 1.54) is 21.8 Å². The van der Waals surface area contributed by atoms with E-state index < -0.39 is 8.80 Å². The van der Waals surface area contributed by atoms with Gasteiger partial charge in [-0.25, -0.2) is 0 Å². The first-order valence-corrected chi connectivity index (χ1v) is 9.90. The second kappa shape index (κ2) is 6.90. The van der Waals surface area contributed by atoms with Crippen LogP contribution < -0.4 is 0 Å². The highest BCUT2D eigenvalue weighted by Crippen LogP contribution is 2.31. The summed E-state index contributed by atoms with van der Waals surface area (Å²) in [5, 5.41) is 2.48. The average Bonchev–Trinajstić information content (AvgIpc) is 2.96. The highest BCUT2D eigenvalue weighted by molar-refractivity contribution is 6.60. The summed E-state index contributed by atoms with van der Waals surface area (Å²) in [5.74, 6) is 0. The molecule has 0 fully saturated rings. The quantitative estimate of drug-likeness (QED) is 0.600. The van der Waals surface area contributed by atoms with Crippen LogP contribution in [0.25, 0.3) is 27.9 Å². The first-order chi connectivity index (χ1) is 11.7. The maximum Gasteiger partial charge on any atom is 0.501 e. The standard InChI is InChI=1S/C19H23NO3Si/c1-5-15-10-11-19-17(14-15)16-8-6-7-9-18(16)20(19)12-13-24(21-2,22-3)23-4/h5-11,14H,1,12-13H2,2-4H3. The van der Waals surface area contributed by atoms with Crippen molar-refractivity contribution in [3.8, 4) is 0 Å². The van der Waals surface area contributed by atoms with E-state index in [-0.39, 0.29) is 0 Å². The van der Waals surface area contributed by atoms with Crippen LogP contribution in [0.4, 0.5) is 0 Å². The molecule has 0 aliphatic heterocycles. The molecule has 0 saturated carbocycles. The molecule has 3 aromatic rings. The molecule has 0 amide bonds. The predicted molar refractivity (Wildman–Crippen MR) is 101 cm³/mol. The Kier molecular flexibility index (Phi) is 4.87. The second-order valence-corrected chi connectivity index (χ2v) is 8.79. The number of rotatable bonds is 7. The van der Waals surface area contributed by atoms with Gasteiger partial charge >= 0.3 is 8.80 Å². The van der Waals surface area contributed by atoms with Gasteiger partial charge in [0, 0.05) is 55.7 Å². The summed E-state index contributed by atoms with van der Waals surface area (Å²) in [4.78, 5) is 0. The Morgan fingerprint density at radius 3 is 2.29 bits per heavy atom. The van der Waals surface area contributed by atoms with E-state index in [0.29, 0.717) is 6.04 Å². The summed E-state index contributed by atoms with van der Waals surface area (Å²) in [6.45, 7) is 4.65. The van der Waals surface area contributed by atoms with E-state index in [2.05, 4.69) is 53.6 Å². The van der Waals surface area contributed by atoms with Gasteiger partial charge in [0.25, 0.3) is 0 Å². The van der Waals surface area contributed by atoms with Gasteiger partial charge in [-0.05, 0) is 23.8 Å². The molecule has 0 spiro atoms. The Bertz CT molecular complexity index is 859. The van der Waals surface area contributed by atoms with Gasteiger partial charge in [0.15, 0.2) is 0 Å². The van der Waals surface area contributed by atoms with E-state index >= 15 is 0 Å². The zero-order valence-corrected chi connectivity index (χ0v) is 15.4.